The van der Waals surface area contributed by atoms with E-state index in [0.29, 0.717) is 5.02 Å². The maximum Gasteiger partial charge on any atom is 0.269 e. The lowest BCUT2D eigenvalue weighted by Crippen LogP contribution is -2.02. The second-order valence-corrected chi connectivity index (χ2v) is 10.1. The van der Waals surface area contributed by atoms with Crippen molar-refractivity contribution in [2.75, 3.05) is 0 Å². The zero-order valence-electron chi connectivity index (χ0n) is 22.2. The van der Waals surface area contributed by atoms with E-state index in [9.17, 15) is 10.1 Å². The van der Waals surface area contributed by atoms with Crippen LogP contribution in [0, 0.1) is 17.0 Å². The number of rotatable bonds is 6. The van der Waals surface area contributed by atoms with Gasteiger partial charge in [0.1, 0.15) is 0 Å². The van der Waals surface area contributed by atoms with Gasteiger partial charge in [0.05, 0.1) is 22.0 Å². The van der Waals surface area contributed by atoms with E-state index < -0.39 is 0 Å². The Bertz CT molecular complexity index is 1840. The van der Waals surface area contributed by atoms with Crippen LogP contribution < -0.4 is 0 Å². The average Bonchev–Trinajstić information content (AvgIpc) is 3.02. The van der Waals surface area contributed by atoms with Gasteiger partial charge in [-0.15, -0.1) is 0 Å². The summed E-state index contributed by atoms with van der Waals surface area (Å²) in [5.74, 6) is 0. The molecule has 0 saturated heterocycles. The monoisotopic (exact) mass is 553 g/mol. The van der Waals surface area contributed by atoms with Gasteiger partial charge in [0.25, 0.3) is 5.69 Å². The van der Waals surface area contributed by atoms with Crippen molar-refractivity contribution < 1.29 is 4.92 Å². The quantitative estimate of drug-likeness (QED) is 0.152. The van der Waals surface area contributed by atoms with Crippen LogP contribution in [0.3, 0.4) is 0 Å². The van der Waals surface area contributed by atoms with Crippen molar-refractivity contribution in [1.29, 1.82) is 0 Å². The molecule has 41 heavy (non-hydrogen) atoms. The molecule has 0 aliphatic heterocycles. The summed E-state index contributed by atoms with van der Waals surface area (Å²) in [6, 6.07) is 38.5. The highest BCUT2D eigenvalue weighted by atomic mass is 35.5. The van der Waals surface area contributed by atoms with E-state index in [-0.39, 0.29) is 10.6 Å². The fourth-order valence-electron chi connectivity index (χ4n) is 5.01. The van der Waals surface area contributed by atoms with Crippen molar-refractivity contribution in [3.05, 3.63) is 148 Å². The fourth-order valence-corrected chi connectivity index (χ4v) is 5.13. The minimum absolute atomic E-state index is 0.0252. The van der Waals surface area contributed by atoms with Gasteiger partial charge in [-0.25, -0.2) is 4.98 Å². The Labute approximate surface area is 242 Å². The first-order valence-corrected chi connectivity index (χ1v) is 13.5. The minimum atomic E-state index is -0.389. The summed E-state index contributed by atoms with van der Waals surface area (Å²) in [7, 11) is 0. The Kier molecular flexibility index (Phi) is 7.11. The zero-order valence-corrected chi connectivity index (χ0v) is 22.9. The standard InChI is InChI=1S/C35H24ClN3O2/c1-23-10-12-27(13-11-23)35-33(30-9-5-6-22-37-30)31(24-14-18-28(36)19-15-24)32(25-16-20-29(21-17-25)39(40)41)34(38-35)26-7-3-2-4-8-26/h2-22H,1H3. The number of non-ortho nitro benzene ring substituents is 1. The van der Waals surface area contributed by atoms with Crippen LogP contribution in [0.2, 0.25) is 5.02 Å². The summed E-state index contributed by atoms with van der Waals surface area (Å²) in [4.78, 5) is 21.2. The lowest BCUT2D eigenvalue weighted by molar-refractivity contribution is -0.384. The molecular formula is C35H24ClN3O2. The number of nitrogens with zero attached hydrogens (tertiary/aromatic N) is 3. The van der Waals surface area contributed by atoms with Gasteiger partial charge >= 0.3 is 0 Å². The molecule has 0 unspecified atom stereocenters. The molecule has 0 saturated carbocycles. The number of halogens is 1. The zero-order chi connectivity index (χ0) is 28.3. The van der Waals surface area contributed by atoms with Crippen molar-refractivity contribution in [1.82, 2.24) is 9.97 Å². The van der Waals surface area contributed by atoms with Gasteiger partial charge in [-0.1, -0.05) is 90.0 Å². The predicted octanol–water partition coefficient (Wildman–Crippen LogP) is 9.68. The molecule has 6 rings (SSSR count). The fraction of sp³-hybridized carbons (Fsp3) is 0.0286. The highest BCUT2D eigenvalue weighted by Crippen LogP contribution is 2.48. The molecule has 0 amide bonds. The van der Waals surface area contributed by atoms with Crippen molar-refractivity contribution in [2.45, 2.75) is 6.92 Å². The molecule has 198 valence electrons. The summed E-state index contributed by atoms with van der Waals surface area (Å²) in [6.45, 7) is 2.06. The Hall–Kier alpha value is -5.13. The van der Waals surface area contributed by atoms with E-state index in [1.165, 1.54) is 12.1 Å². The van der Waals surface area contributed by atoms with Crippen LogP contribution in [0.25, 0.3) is 56.0 Å². The average molecular weight is 554 g/mol. The third-order valence-electron chi connectivity index (χ3n) is 6.99. The summed E-state index contributed by atoms with van der Waals surface area (Å²) in [6.07, 6.45) is 1.77. The molecule has 0 bridgehead atoms. The van der Waals surface area contributed by atoms with E-state index in [2.05, 4.69) is 31.2 Å². The van der Waals surface area contributed by atoms with Gasteiger partial charge < -0.3 is 0 Å². The molecule has 5 nitrogen and oxygen atoms in total. The highest BCUT2D eigenvalue weighted by molar-refractivity contribution is 6.30. The first kappa shape index (κ1) is 26.1. The maximum atomic E-state index is 11.5. The molecule has 0 fully saturated rings. The number of nitro benzene ring substituents is 1. The molecule has 0 spiro atoms. The molecule has 6 aromatic rings. The number of aromatic nitrogens is 2. The van der Waals surface area contributed by atoms with E-state index in [4.69, 9.17) is 21.6 Å². The summed E-state index contributed by atoms with van der Waals surface area (Å²) in [5.41, 5.74) is 9.75. The maximum absolute atomic E-state index is 11.5. The molecule has 4 aromatic carbocycles. The predicted molar refractivity (Wildman–Crippen MR) is 166 cm³/mol. The van der Waals surface area contributed by atoms with Crippen LogP contribution in [0.5, 0.6) is 0 Å². The molecule has 0 aliphatic rings. The number of hydrogen-bond donors (Lipinski definition) is 0. The second-order valence-electron chi connectivity index (χ2n) is 9.69. The number of benzene rings is 4. The molecule has 2 heterocycles. The number of hydrogen-bond acceptors (Lipinski definition) is 4. The Morgan fingerprint density at radius 1 is 0.610 bits per heavy atom. The van der Waals surface area contributed by atoms with Crippen molar-refractivity contribution >= 4 is 17.3 Å². The normalized spacial score (nSPS) is 10.9. The van der Waals surface area contributed by atoms with Crippen LogP contribution >= 0.6 is 11.6 Å². The Morgan fingerprint density at radius 2 is 1.17 bits per heavy atom. The molecule has 2 aromatic heterocycles. The van der Waals surface area contributed by atoms with E-state index in [1.54, 1.807) is 18.3 Å². The lowest BCUT2D eigenvalue weighted by Gasteiger charge is -2.23. The van der Waals surface area contributed by atoms with E-state index >= 15 is 0 Å². The first-order valence-electron chi connectivity index (χ1n) is 13.1. The third-order valence-corrected chi connectivity index (χ3v) is 7.24. The minimum Gasteiger partial charge on any atom is -0.258 e. The SMILES string of the molecule is Cc1ccc(-c2nc(-c3ccccc3)c(-c3ccc([N+](=O)[O-])cc3)c(-c3ccc(Cl)cc3)c2-c2ccccn2)cc1. The summed E-state index contributed by atoms with van der Waals surface area (Å²) < 4.78 is 0. The van der Waals surface area contributed by atoms with Crippen LogP contribution in [0.4, 0.5) is 5.69 Å². The number of aryl methyl sites for hydroxylation is 1. The Balaban J connectivity index is 1.81. The first-order chi connectivity index (χ1) is 20.0. The topological polar surface area (TPSA) is 68.9 Å². The lowest BCUT2D eigenvalue weighted by atomic mass is 9.84. The van der Waals surface area contributed by atoms with Gasteiger partial charge in [0.2, 0.25) is 0 Å². The molecular weight excluding hydrogens is 530 g/mol. The molecule has 0 N–H and O–H groups in total. The number of pyridine rings is 2. The summed E-state index contributed by atoms with van der Waals surface area (Å²) >= 11 is 6.34. The van der Waals surface area contributed by atoms with Crippen molar-refractivity contribution in [3.8, 4) is 56.0 Å². The van der Waals surface area contributed by atoms with E-state index in [1.807, 2.05) is 72.8 Å². The van der Waals surface area contributed by atoms with Crippen LogP contribution in [-0.2, 0) is 0 Å². The van der Waals surface area contributed by atoms with Gasteiger partial charge in [-0.2, -0.15) is 0 Å². The van der Waals surface area contributed by atoms with Gasteiger partial charge in [-0.05, 0) is 54.4 Å². The van der Waals surface area contributed by atoms with E-state index in [0.717, 1.165) is 61.6 Å². The molecule has 0 radical (unpaired) electrons. The smallest absolute Gasteiger partial charge is 0.258 e. The molecule has 0 aliphatic carbocycles. The largest absolute Gasteiger partial charge is 0.269 e. The van der Waals surface area contributed by atoms with Crippen LogP contribution in [0.15, 0.2) is 128 Å². The van der Waals surface area contributed by atoms with Crippen LogP contribution in [-0.4, -0.2) is 14.9 Å². The third kappa shape index (κ3) is 5.23. The second kappa shape index (κ2) is 11.2. The number of nitro groups is 1. The Morgan fingerprint density at radius 3 is 1.80 bits per heavy atom. The molecule has 6 heteroatoms. The van der Waals surface area contributed by atoms with Crippen molar-refractivity contribution in [2.24, 2.45) is 0 Å². The van der Waals surface area contributed by atoms with Gasteiger partial charge in [-0.3, -0.25) is 15.1 Å². The van der Waals surface area contributed by atoms with Gasteiger partial charge in [0.15, 0.2) is 0 Å². The highest BCUT2D eigenvalue weighted by Gasteiger charge is 2.26. The van der Waals surface area contributed by atoms with Crippen molar-refractivity contribution in [3.63, 3.8) is 0 Å². The van der Waals surface area contributed by atoms with Crippen LogP contribution in [0.1, 0.15) is 5.56 Å². The van der Waals surface area contributed by atoms with Gasteiger partial charge in [0, 0.05) is 51.2 Å². The molecule has 0 atom stereocenters. The summed E-state index contributed by atoms with van der Waals surface area (Å²) in [5, 5.41) is 12.1.